The van der Waals surface area contributed by atoms with E-state index in [1.807, 2.05) is 0 Å². The molecule has 0 spiro atoms. The molecule has 0 aliphatic heterocycles. The van der Waals surface area contributed by atoms with Gasteiger partial charge in [0.1, 0.15) is 13.2 Å². The molecule has 0 N–H and O–H groups in total. The molecule has 0 amide bonds. The van der Waals surface area contributed by atoms with Gasteiger partial charge in [-0.3, -0.25) is 14.4 Å². The molecule has 0 saturated carbocycles. The molecular formula is C57H100O6. The maximum atomic E-state index is 12.8. The van der Waals surface area contributed by atoms with Gasteiger partial charge in [-0.25, -0.2) is 0 Å². The monoisotopic (exact) mass is 881 g/mol. The standard InChI is InChI=1S/C57H100O6/c1-4-7-10-13-16-19-22-24-26-27-28-29-31-32-35-38-41-44-47-50-56(59)62-53-54(52-61-55(58)49-46-43-40-37-34-21-18-15-12-9-6-3)63-57(60)51-48-45-42-39-36-33-30-25-23-20-17-14-11-8-5-2/h7,10,16-17,19-20,23-26,54H,4-6,8-9,11-15,18,21-22,27-53H2,1-3H3/b10-7-,19-16-,20-17-,25-23-,26-24-. The van der Waals surface area contributed by atoms with Crippen molar-refractivity contribution in [3.63, 3.8) is 0 Å². The fourth-order valence-electron chi connectivity index (χ4n) is 7.51. The Morgan fingerprint density at radius 3 is 1.10 bits per heavy atom. The van der Waals surface area contributed by atoms with Crippen molar-refractivity contribution in [1.82, 2.24) is 0 Å². The fraction of sp³-hybridized carbons (Fsp3) is 0.772. The molecule has 0 aromatic carbocycles. The van der Waals surface area contributed by atoms with Crippen LogP contribution in [0.5, 0.6) is 0 Å². The van der Waals surface area contributed by atoms with Gasteiger partial charge in [-0.05, 0) is 77.0 Å². The molecule has 0 radical (unpaired) electrons. The zero-order valence-electron chi connectivity index (χ0n) is 41.6. The molecule has 0 fully saturated rings. The smallest absolute Gasteiger partial charge is 0.306 e. The van der Waals surface area contributed by atoms with Crippen LogP contribution in [0.1, 0.15) is 265 Å². The number of hydrogen-bond acceptors (Lipinski definition) is 6. The summed E-state index contributed by atoms with van der Waals surface area (Å²) in [4.78, 5) is 38.0. The lowest BCUT2D eigenvalue weighted by Crippen LogP contribution is -2.30. The van der Waals surface area contributed by atoms with Gasteiger partial charge in [0.15, 0.2) is 6.10 Å². The van der Waals surface area contributed by atoms with Gasteiger partial charge in [0.25, 0.3) is 0 Å². The van der Waals surface area contributed by atoms with Crippen molar-refractivity contribution in [3.05, 3.63) is 60.8 Å². The summed E-state index contributed by atoms with van der Waals surface area (Å²) in [6.45, 7) is 6.49. The third-order valence-electron chi connectivity index (χ3n) is 11.5. The second kappa shape index (κ2) is 51.7. The Balaban J connectivity index is 4.35. The quantitative estimate of drug-likeness (QED) is 0.0199. The highest BCUT2D eigenvalue weighted by Crippen LogP contribution is 2.15. The van der Waals surface area contributed by atoms with Gasteiger partial charge in [0.2, 0.25) is 0 Å². The van der Waals surface area contributed by atoms with E-state index in [1.165, 1.54) is 141 Å². The van der Waals surface area contributed by atoms with Crippen LogP contribution >= 0.6 is 0 Å². The first kappa shape index (κ1) is 60.1. The van der Waals surface area contributed by atoms with E-state index in [4.69, 9.17) is 14.2 Å². The van der Waals surface area contributed by atoms with E-state index in [-0.39, 0.29) is 31.1 Å². The number of ether oxygens (including phenoxy) is 3. The average molecular weight is 881 g/mol. The molecule has 364 valence electrons. The summed E-state index contributed by atoms with van der Waals surface area (Å²) in [5.74, 6) is -0.890. The van der Waals surface area contributed by atoms with Gasteiger partial charge in [0.05, 0.1) is 0 Å². The molecule has 0 aromatic heterocycles. The Kier molecular flexibility index (Phi) is 49.4. The summed E-state index contributed by atoms with van der Waals surface area (Å²) in [6.07, 6.45) is 63.4. The first-order valence-electron chi connectivity index (χ1n) is 26.8. The summed E-state index contributed by atoms with van der Waals surface area (Å²) >= 11 is 0. The van der Waals surface area contributed by atoms with Crippen LogP contribution in [0.15, 0.2) is 60.8 Å². The maximum absolute atomic E-state index is 12.8. The van der Waals surface area contributed by atoms with Gasteiger partial charge < -0.3 is 14.2 Å². The molecule has 6 nitrogen and oxygen atoms in total. The number of hydrogen-bond donors (Lipinski definition) is 0. The first-order chi connectivity index (χ1) is 31.0. The van der Waals surface area contributed by atoms with Gasteiger partial charge in [-0.2, -0.15) is 0 Å². The molecule has 63 heavy (non-hydrogen) atoms. The molecule has 0 aromatic rings. The van der Waals surface area contributed by atoms with E-state index < -0.39 is 6.10 Å². The Morgan fingerprint density at radius 1 is 0.349 bits per heavy atom. The van der Waals surface area contributed by atoms with Crippen molar-refractivity contribution in [2.24, 2.45) is 0 Å². The number of carbonyl (C=O) groups is 3. The lowest BCUT2D eigenvalue weighted by atomic mass is 10.1. The number of unbranched alkanes of at least 4 members (excludes halogenated alkanes) is 28. The van der Waals surface area contributed by atoms with Gasteiger partial charge in [-0.1, -0.05) is 229 Å². The van der Waals surface area contributed by atoms with Crippen LogP contribution in [0.4, 0.5) is 0 Å². The van der Waals surface area contributed by atoms with E-state index in [1.54, 1.807) is 0 Å². The van der Waals surface area contributed by atoms with Crippen molar-refractivity contribution in [2.45, 2.75) is 271 Å². The zero-order valence-corrected chi connectivity index (χ0v) is 41.6. The summed E-state index contributed by atoms with van der Waals surface area (Å²) in [6, 6.07) is 0. The minimum Gasteiger partial charge on any atom is -0.462 e. The number of carbonyl (C=O) groups excluding carboxylic acids is 3. The lowest BCUT2D eigenvalue weighted by Gasteiger charge is -2.18. The van der Waals surface area contributed by atoms with Crippen molar-refractivity contribution < 1.29 is 28.6 Å². The minimum absolute atomic E-state index is 0.0787. The summed E-state index contributed by atoms with van der Waals surface area (Å²) in [7, 11) is 0. The zero-order chi connectivity index (χ0) is 45.8. The Labute approximate surface area is 390 Å². The Hall–Kier alpha value is -2.89. The molecular weight excluding hydrogens is 781 g/mol. The summed E-state index contributed by atoms with van der Waals surface area (Å²) in [5, 5.41) is 0. The predicted octanol–water partition coefficient (Wildman–Crippen LogP) is 17.6. The highest BCUT2D eigenvalue weighted by atomic mass is 16.6. The number of rotatable bonds is 48. The first-order valence-corrected chi connectivity index (χ1v) is 26.8. The molecule has 6 heteroatoms. The second-order valence-electron chi connectivity index (χ2n) is 17.8. The summed E-state index contributed by atoms with van der Waals surface area (Å²) < 4.78 is 16.8. The highest BCUT2D eigenvalue weighted by molar-refractivity contribution is 5.71. The van der Waals surface area contributed by atoms with Crippen LogP contribution in [0.3, 0.4) is 0 Å². The molecule has 0 aliphatic rings. The van der Waals surface area contributed by atoms with Crippen molar-refractivity contribution in [2.75, 3.05) is 13.2 Å². The van der Waals surface area contributed by atoms with Gasteiger partial charge in [-0.15, -0.1) is 0 Å². The lowest BCUT2D eigenvalue weighted by molar-refractivity contribution is -0.167. The molecule has 1 atom stereocenters. The van der Waals surface area contributed by atoms with E-state index >= 15 is 0 Å². The number of esters is 3. The topological polar surface area (TPSA) is 78.9 Å². The van der Waals surface area contributed by atoms with Crippen molar-refractivity contribution in [3.8, 4) is 0 Å². The Morgan fingerprint density at radius 2 is 0.667 bits per heavy atom. The fourth-order valence-corrected chi connectivity index (χ4v) is 7.51. The van der Waals surface area contributed by atoms with Gasteiger partial charge in [0, 0.05) is 19.3 Å². The normalized spacial score (nSPS) is 12.5. The second-order valence-corrected chi connectivity index (χ2v) is 17.8. The third-order valence-corrected chi connectivity index (χ3v) is 11.5. The minimum atomic E-state index is -0.780. The predicted molar refractivity (Wildman–Crippen MR) is 270 cm³/mol. The maximum Gasteiger partial charge on any atom is 0.306 e. The highest BCUT2D eigenvalue weighted by Gasteiger charge is 2.19. The molecule has 0 rings (SSSR count). The van der Waals surface area contributed by atoms with Crippen LogP contribution in [-0.4, -0.2) is 37.2 Å². The van der Waals surface area contributed by atoms with E-state index in [9.17, 15) is 14.4 Å². The van der Waals surface area contributed by atoms with Crippen molar-refractivity contribution in [1.29, 1.82) is 0 Å². The largest absolute Gasteiger partial charge is 0.462 e. The van der Waals surface area contributed by atoms with Crippen LogP contribution < -0.4 is 0 Å². The molecule has 0 saturated heterocycles. The number of allylic oxidation sites excluding steroid dienone is 10. The van der Waals surface area contributed by atoms with Gasteiger partial charge >= 0.3 is 17.9 Å². The molecule has 1 unspecified atom stereocenters. The van der Waals surface area contributed by atoms with Crippen LogP contribution in [-0.2, 0) is 28.6 Å². The van der Waals surface area contributed by atoms with E-state index in [0.29, 0.717) is 19.3 Å². The summed E-state index contributed by atoms with van der Waals surface area (Å²) in [5.41, 5.74) is 0. The molecule has 0 aliphatic carbocycles. The SMILES string of the molecule is CC/C=C\C/C=C\C/C=C\CCCCCCCCCCCC(=O)OCC(COC(=O)CCCCCCCCCCCCC)OC(=O)CCCCCCCC/C=C\C=C/CCCCC. The molecule has 0 heterocycles. The average Bonchev–Trinajstić information content (AvgIpc) is 3.28. The van der Waals surface area contributed by atoms with Crippen LogP contribution in [0, 0.1) is 0 Å². The van der Waals surface area contributed by atoms with E-state index in [2.05, 4.69) is 81.5 Å². The van der Waals surface area contributed by atoms with Crippen molar-refractivity contribution >= 4 is 17.9 Å². The van der Waals surface area contributed by atoms with Crippen LogP contribution in [0.25, 0.3) is 0 Å². The van der Waals surface area contributed by atoms with E-state index in [0.717, 1.165) is 83.5 Å². The van der Waals surface area contributed by atoms with Crippen LogP contribution in [0.2, 0.25) is 0 Å². The Bertz CT molecular complexity index is 1150. The third kappa shape index (κ3) is 50.0. The molecule has 0 bridgehead atoms.